The van der Waals surface area contributed by atoms with Crippen LogP contribution in [0.25, 0.3) is 0 Å². The van der Waals surface area contributed by atoms with E-state index in [-0.39, 0.29) is 22.5 Å². The fourth-order valence-electron chi connectivity index (χ4n) is 2.07. The third-order valence-corrected chi connectivity index (χ3v) is 5.84. The first-order valence-corrected chi connectivity index (χ1v) is 9.15. The van der Waals surface area contributed by atoms with E-state index in [4.69, 9.17) is 5.73 Å². The first-order valence-electron chi connectivity index (χ1n) is 6.72. The van der Waals surface area contributed by atoms with E-state index in [1.54, 1.807) is 6.92 Å². The van der Waals surface area contributed by atoms with E-state index in [1.807, 2.05) is 37.3 Å². The third-order valence-electron chi connectivity index (χ3n) is 3.13. The Labute approximate surface area is 129 Å². The van der Waals surface area contributed by atoms with E-state index in [0.717, 1.165) is 18.0 Å². The molecule has 7 heteroatoms. The number of nitrogen functional groups attached to an aromatic ring is 1. The Hall–Kier alpha value is -1.60. The molecule has 1 aromatic carbocycles. The van der Waals surface area contributed by atoms with Crippen LogP contribution in [0.15, 0.2) is 35.2 Å². The van der Waals surface area contributed by atoms with Crippen molar-refractivity contribution in [3.05, 3.63) is 35.9 Å². The van der Waals surface area contributed by atoms with Crippen molar-refractivity contribution < 1.29 is 8.42 Å². The molecule has 5 nitrogen and oxygen atoms in total. The van der Waals surface area contributed by atoms with Crippen LogP contribution in [-0.2, 0) is 16.3 Å². The van der Waals surface area contributed by atoms with Gasteiger partial charge in [-0.1, -0.05) is 37.3 Å². The van der Waals surface area contributed by atoms with Gasteiger partial charge < -0.3 is 11.1 Å². The van der Waals surface area contributed by atoms with Gasteiger partial charge in [0.05, 0.1) is 5.75 Å². The van der Waals surface area contributed by atoms with Gasteiger partial charge in [-0.25, -0.2) is 8.42 Å². The summed E-state index contributed by atoms with van der Waals surface area (Å²) in [7, 11) is -3.37. The lowest BCUT2D eigenvalue weighted by Crippen LogP contribution is -2.19. The number of aromatic nitrogens is 1. The fourth-order valence-corrected chi connectivity index (χ4v) is 4.34. The van der Waals surface area contributed by atoms with Crippen molar-refractivity contribution in [2.24, 2.45) is 0 Å². The summed E-state index contributed by atoms with van der Waals surface area (Å²) >= 11 is 1.09. The highest BCUT2D eigenvalue weighted by Crippen LogP contribution is 2.32. The van der Waals surface area contributed by atoms with E-state index in [1.165, 1.54) is 5.56 Å². The van der Waals surface area contributed by atoms with Crippen LogP contribution in [0, 0.1) is 0 Å². The normalized spacial score (nSPS) is 13.0. The lowest BCUT2D eigenvalue weighted by Gasteiger charge is -2.15. The Morgan fingerprint density at radius 1 is 1.33 bits per heavy atom. The molecular weight excluding hydrogens is 306 g/mol. The number of nitrogens with one attached hydrogen (secondary N) is 1. The van der Waals surface area contributed by atoms with E-state index in [0.29, 0.717) is 5.00 Å². The molecule has 0 aliphatic carbocycles. The molecule has 0 amide bonds. The van der Waals surface area contributed by atoms with Crippen molar-refractivity contribution in [3.8, 4) is 0 Å². The lowest BCUT2D eigenvalue weighted by atomic mass is 10.1. The van der Waals surface area contributed by atoms with Crippen molar-refractivity contribution in [3.63, 3.8) is 0 Å². The number of benzene rings is 1. The van der Waals surface area contributed by atoms with Gasteiger partial charge in [0.2, 0.25) is 0 Å². The van der Waals surface area contributed by atoms with Crippen molar-refractivity contribution in [2.75, 3.05) is 16.8 Å². The van der Waals surface area contributed by atoms with E-state index in [2.05, 4.69) is 9.69 Å². The zero-order valence-electron chi connectivity index (χ0n) is 12.0. The number of hydrogen-bond acceptors (Lipinski definition) is 6. The molecule has 0 fully saturated rings. The Kier molecular flexibility index (Phi) is 4.84. The summed E-state index contributed by atoms with van der Waals surface area (Å²) in [4.78, 5) is 0.134. The first kappa shape index (κ1) is 15.8. The molecular formula is C14H19N3O2S2. The molecule has 0 saturated carbocycles. The highest BCUT2D eigenvalue weighted by atomic mass is 32.2. The molecule has 1 heterocycles. The first-order chi connectivity index (χ1) is 9.94. The van der Waals surface area contributed by atoms with E-state index < -0.39 is 9.84 Å². The van der Waals surface area contributed by atoms with Crippen LogP contribution in [0.3, 0.4) is 0 Å². The summed E-state index contributed by atoms with van der Waals surface area (Å²) in [6.07, 6.45) is 0.796. The molecule has 1 atom stereocenters. The smallest absolute Gasteiger partial charge is 0.184 e. The Bertz CT molecular complexity index is 696. The molecule has 0 saturated heterocycles. The van der Waals surface area contributed by atoms with Gasteiger partial charge in [-0.05, 0) is 30.4 Å². The number of nitrogens with zero attached hydrogens (tertiary/aromatic N) is 1. The summed E-state index contributed by atoms with van der Waals surface area (Å²) in [5, 5.41) is 3.74. The minimum absolute atomic E-state index is 0.0113. The Balaban J connectivity index is 2.17. The number of sulfone groups is 1. The number of nitrogens with two attached hydrogens (primary N) is 1. The van der Waals surface area contributed by atoms with Gasteiger partial charge in [0.1, 0.15) is 9.90 Å². The minimum atomic E-state index is -3.37. The van der Waals surface area contributed by atoms with Gasteiger partial charge in [-0.15, -0.1) is 0 Å². The second-order valence-electron chi connectivity index (χ2n) is 4.86. The Morgan fingerprint density at radius 3 is 2.62 bits per heavy atom. The molecule has 0 bridgehead atoms. The average molecular weight is 325 g/mol. The predicted molar refractivity (Wildman–Crippen MR) is 87.5 cm³/mol. The maximum atomic E-state index is 12.1. The molecule has 1 unspecified atom stereocenters. The van der Waals surface area contributed by atoms with E-state index >= 15 is 0 Å². The molecule has 0 radical (unpaired) electrons. The molecule has 2 aromatic rings. The largest absolute Gasteiger partial charge is 0.382 e. The Morgan fingerprint density at radius 2 is 2.00 bits per heavy atom. The molecule has 1 aromatic heterocycles. The highest BCUT2D eigenvalue weighted by Gasteiger charge is 2.24. The molecule has 3 N–H and O–H groups in total. The van der Waals surface area contributed by atoms with Gasteiger partial charge in [0.25, 0.3) is 0 Å². The molecule has 21 heavy (non-hydrogen) atoms. The van der Waals surface area contributed by atoms with Gasteiger partial charge in [-0.2, -0.15) is 4.37 Å². The molecule has 2 rings (SSSR count). The monoisotopic (exact) mass is 325 g/mol. The zero-order valence-corrected chi connectivity index (χ0v) is 13.7. The standard InChI is InChI=1S/C14H19N3O2S2/c1-3-21(18,19)12-13(15)17-20-14(12)16-10(2)9-11-7-5-4-6-8-11/h4-8,10,16H,3,9H2,1-2H3,(H2,15,17). The summed E-state index contributed by atoms with van der Waals surface area (Å²) in [5.74, 6) is 0.0911. The molecule has 0 spiro atoms. The van der Waals surface area contributed by atoms with Gasteiger partial charge in [0.15, 0.2) is 15.7 Å². The quantitative estimate of drug-likeness (QED) is 0.852. The topological polar surface area (TPSA) is 85.1 Å². The second-order valence-corrected chi connectivity index (χ2v) is 7.85. The predicted octanol–water partition coefficient (Wildman–Crippen LogP) is 2.56. The zero-order chi connectivity index (χ0) is 15.5. The van der Waals surface area contributed by atoms with Gasteiger partial charge in [0, 0.05) is 6.04 Å². The molecule has 0 aliphatic rings. The van der Waals surface area contributed by atoms with E-state index in [9.17, 15) is 8.42 Å². The van der Waals surface area contributed by atoms with Crippen LogP contribution < -0.4 is 11.1 Å². The van der Waals surface area contributed by atoms with Gasteiger partial charge >= 0.3 is 0 Å². The van der Waals surface area contributed by atoms with Gasteiger partial charge in [-0.3, -0.25) is 0 Å². The third kappa shape index (κ3) is 3.74. The maximum Gasteiger partial charge on any atom is 0.184 e. The number of rotatable bonds is 6. The maximum absolute atomic E-state index is 12.1. The van der Waals surface area contributed by atoms with Crippen LogP contribution in [-0.4, -0.2) is 24.6 Å². The van der Waals surface area contributed by atoms with Crippen molar-refractivity contribution in [1.82, 2.24) is 4.37 Å². The van der Waals surface area contributed by atoms with Crippen LogP contribution in [0.2, 0.25) is 0 Å². The summed E-state index contributed by atoms with van der Waals surface area (Å²) in [6, 6.07) is 10.1. The van der Waals surface area contributed by atoms with Crippen LogP contribution >= 0.6 is 11.5 Å². The second kappa shape index (κ2) is 6.44. The summed E-state index contributed by atoms with van der Waals surface area (Å²) in [6.45, 7) is 3.61. The van der Waals surface area contributed by atoms with Crippen molar-refractivity contribution in [2.45, 2.75) is 31.2 Å². The number of anilines is 2. The summed E-state index contributed by atoms with van der Waals surface area (Å²) in [5.41, 5.74) is 6.90. The van der Waals surface area contributed by atoms with Crippen molar-refractivity contribution in [1.29, 1.82) is 0 Å². The van der Waals surface area contributed by atoms with Crippen LogP contribution in [0.4, 0.5) is 10.8 Å². The SMILES string of the molecule is CCS(=O)(=O)c1c(N)nsc1NC(C)Cc1ccccc1. The van der Waals surface area contributed by atoms with Crippen molar-refractivity contribution >= 4 is 32.2 Å². The van der Waals surface area contributed by atoms with Crippen LogP contribution in [0.1, 0.15) is 19.4 Å². The minimum Gasteiger partial charge on any atom is -0.382 e. The highest BCUT2D eigenvalue weighted by molar-refractivity contribution is 7.91. The lowest BCUT2D eigenvalue weighted by molar-refractivity contribution is 0.598. The molecule has 114 valence electrons. The summed E-state index contributed by atoms with van der Waals surface area (Å²) < 4.78 is 28.1. The van der Waals surface area contributed by atoms with Crippen LogP contribution in [0.5, 0.6) is 0 Å². The fraction of sp³-hybridized carbons (Fsp3) is 0.357. The average Bonchev–Trinajstić information content (AvgIpc) is 2.81. The number of hydrogen-bond donors (Lipinski definition) is 2. The molecule has 0 aliphatic heterocycles.